The van der Waals surface area contributed by atoms with E-state index >= 15 is 0 Å². The highest BCUT2D eigenvalue weighted by Crippen LogP contribution is 2.37. The summed E-state index contributed by atoms with van der Waals surface area (Å²) in [5, 5.41) is 18.3. The Bertz CT molecular complexity index is 1490. The molecule has 1 aliphatic heterocycles. The number of rotatable bonds is 5. The molecule has 1 aromatic heterocycles. The van der Waals surface area contributed by atoms with Crippen molar-refractivity contribution in [1.29, 1.82) is 0 Å². The monoisotopic (exact) mass is 472 g/mol. The van der Waals surface area contributed by atoms with Crippen LogP contribution in [0.5, 0.6) is 11.5 Å². The van der Waals surface area contributed by atoms with Gasteiger partial charge in [-0.15, -0.1) is 11.3 Å². The molecule has 1 aliphatic rings. The first-order valence-corrected chi connectivity index (χ1v) is 11.4. The zero-order chi connectivity index (χ0) is 23.7. The van der Waals surface area contributed by atoms with E-state index in [1.807, 2.05) is 67.8 Å². The van der Waals surface area contributed by atoms with Crippen LogP contribution in [0.4, 0.5) is 11.4 Å². The van der Waals surface area contributed by atoms with Gasteiger partial charge in [-0.3, -0.25) is 10.1 Å². The average molecular weight is 473 g/mol. The van der Waals surface area contributed by atoms with Gasteiger partial charge in [0.2, 0.25) is 11.6 Å². The molecular formula is C25H20N4O4S. The van der Waals surface area contributed by atoms with Crippen LogP contribution >= 0.6 is 11.3 Å². The smallest absolute Gasteiger partial charge is 0.282 e. The topological polar surface area (TPSA) is 91.2 Å². The quantitative estimate of drug-likeness (QED) is 0.215. The van der Waals surface area contributed by atoms with E-state index in [4.69, 9.17) is 14.5 Å². The predicted molar refractivity (Wildman–Crippen MR) is 131 cm³/mol. The molecule has 0 radical (unpaired) electrons. The molecule has 3 aromatic carbocycles. The van der Waals surface area contributed by atoms with Crippen molar-refractivity contribution in [2.75, 3.05) is 6.79 Å². The first kappa shape index (κ1) is 21.6. The Hall–Kier alpha value is -4.24. The van der Waals surface area contributed by atoms with Crippen LogP contribution in [-0.2, 0) is 0 Å². The molecule has 0 saturated carbocycles. The number of benzene rings is 3. The molecule has 2 heterocycles. The third-order valence-corrected chi connectivity index (χ3v) is 6.18. The van der Waals surface area contributed by atoms with E-state index in [9.17, 15) is 10.1 Å². The van der Waals surface area contributed by atoms with Crippen LogP contribution < -0.4 is 14.3 Å². The van der Waals surface area contributed by atoms with Gasteiger partial charge in [0, 0.05) is 10.9 Å². The van der Waals surface area contributed by atoms with Crippen molar-refractivity contribution in [3.05, 3.63) is 97.6 Å². The second kappa shape index (κ2) is 8.95. The standard InChI is InChI=1S/C25H20N4O4S/c1-16-8-9-17(2)20(10-16)27-25-28(22(14-34-25)18-6-4-3-5-7-18)26-13-19-11-23-24(33-15-32-23)12-21(19)29(30)31/h3-14H,15H2,1-2H3. The second-order valence-corrected chi connectivity index (χ2v) is 8.59. The van der Waals surface area contributed by atoms with Crippen molar-refractivity contribution >= 4 is 28.9 Å². The minimum absolute atomic E-state index is 0.0311. The molecule has 0 fully saturated rings. The van der Waals surface area contributed by atoms with Gasteiger partial charge in [-0.2, -0.15) is 5.10 Å². The molecule has 0 aliphatic carbocycles. The molecule has 0 unspecified atom stereocenters. The predicted octanol–water partition coefficient (Wildman–Crippen LogP) is 5.58. The molecule has 0 bridgehead atoms. The molecule has 0 saturated heterocycles. The number of nitro groups is 1. The van der Waals surface area contributed by atoms with Crippen LogP contribution in [0.15, 0.2) is 76.1 Å². The van der Waals surface area contributed by atoms with E-state index in [1.54, 1.807) is 10.7 Å². The van der Waals surface area contributed by atoms with E-state index in [2.05, 4.69) is 5.10 Å². The summed E-state index contributed by atoms with van der Waals surface area (Å²) in [7, 11) is 0. The van der Waals surface area contributed by atoms with Gasteiger partial charge in [-0.25, -0.2) is 9.67 Å². The maximum absolute atomic E-state index is 11.7. The molecule has 0 spiro atoms. The van der Waals surface area contributed by atoms with Crippen molar-refractivity contribution in [3.63, 3.8) is 0 Å². The lowest BCUT2D eigenvalue weighted by Crippen LogP contribution is -2.12. The number of nitrogens with zero attached hydrogens (tertiary/aromatic N) is 4. The van der Waals surface area contributed by atoms with Crippen LogP contribution in [-0.4, -0.2) is 22.6 Å². The van der Waals surface area contributed by atoms with Gasteiger partial charge < -0.3 is 9.47 Å². The minimum atomic E-state index is -0.457. The Morgan fingerprint density at radius 1 is 1.06 bits per heavy atom. The van der Waals surface area contributed by atoms with E-state index in [-0.39, 0.29) is 12.5 Å². The Morgan fingerprint density at radius 3 is 2.59 bits per heavy atom. The van der Waals surface area contributed by atoms with Crippen LogP contribution in [0.25, 0.3) is 11.3 Å². The number of aromatic nitrogens is 1. The SMILES string of the molecule is Cc1ccc(C)c(N=c2scc(-c3ccccc3)n2N=Cc2cc3c(cc2[N+](=O)[O-])OCO3)c1. The lowest BCUT2D eigenvalue weighted by Gasteiger charge is -2.05. The number of aryl methyl sites for hydroxylation is 2. The average Bonchev–Trinajstić information content (AvgIpc) is 3.46. The number of hydrogen-bond acceptors (Lipinski definition) is 7. The Morgan fingerprint density at radius 2 is 1.82 bits per heavy atom. The maximum atomic E-state index is 11.7. The Kier molecular flexibility index (Phi) is 5.69. The van der Waals surface area contributed by atoms with Crippen LogP contribution in [0.1, 0.15) is 16.7 Å². The first-order chi connectivity index (χ1) is 16.5. The van der Waals surface area contributed by atoms with E-state index in [0.29, 0.717) is 21.9 Å². The summed E-state index contributed by atoms with van der Waals surface area (Å²) in [4.78, 5) is 16.7. The Balaban J connectivity index is 1.67. The van der Waals surface area contributed by atoms with Gasteiger partial charge in [0.15, 0.2) is 11.5 Å². The molecule has 4 aromatic rings. The second-order valence-electron chi connectivity index (χ2n) is 7.75. The van der Waals surface area contributed by atoms with Crippen LogP contribution in [0.2, 0.25) is 0 Å². The largest absolute Gasteiger partial charge is 0.454 e. The third-order valence-electron chi connectivity index (χ3n) is 5.37. The van der Waals surface area contributed by atoms with Crippen molar-refractivity contribution in [2.45, 2.75) is 13.8 Å². The number of nitro benzene ring substituents is 1. The lowest BCUT2D eigenvalue weighted by molar-refractivity contribution is -0.385. The summed E-state index contributed by atoms with van der Waals surface area (Å²) < 4.78 is 12.4. The zero-order valence-electron chi connectivity index (χ0n) is 18.5. The molecule has 34 heavy (non-hydrogen) atoms. The highest BCUT2D eigenvalue weighted by Gasteiger charge is 2.22. The maximum Gasteiger partial charge on any atom is 0.282 e. The summed E-state index contributed by atoms with van der Waals surface area (Å²) in [5.41, 5.74) is 4.98. The van der Waals surface area contributed by atoms with E-state index < -0.39 is 4.92 Å². The van der Waals surface area contributed by atoms with Gasteiger partial charge in [0.05, 0.1) is 34.1 Å². The van der Waals surface area contributed by atoms with Crippen molar-refractivity contribution in [3.8, 4) is 22.8 Å². The molecule has 9 heteroatoms. The molecule has 8 nitrogen and oxygen atoms in total. The molecule has 0 N–H and O–H groups in total. The molecule has 170 valence electrons. The van der Waals surface area contributed by atoms with Gasteiger partial charge in [0.25, 0.3) is 5.69 Å². The fourth-order valence-electron chi connectivity index (χ4n) is 3.57. The molecular weight excluding hydrogens is 452 g/mol. The molecule has 0 atom stereocenters. The highest BCUT2D eigenvalue weighted by molar-refractivity contribution is 7.07. The Labute approximate surface area is 199 Å². The van der Waals surface area contributed by atoms with Gasteiger partial charge >= 0.3 is 0 Å². The van der Waals surface area contributed by atoms with Gasteiger partial charge in [-0.05, 0) is 37.1 Å². The fourth-order valence-corrected chi connectivity index (χ4v) is 4.42. The van der Waals surface area contributed by atoms with E-state index in [0.717, 1.165) is 28.1 Å². The van der Waals surface area contributed by atoms with Crippen molar-refractivity contribution in [2.24, 2.45) is 10.1 Å². The molecule has 0 amide bonds. The van der Waals surface area contributed by atoms with Crippen molar-refractivity contribution in [1.82, 2.24) is 4.68 Å². The fraction of sp³-hybridized carbons (Fsp3) is 0.120. The van der Waals surface area contributed by atoms with E-state index in [1.165, 1.54) is 23.6 Å². The summed E-state index contributed by atoms with van der Waals surface area (Å²) >= 11 is 1.45. The van der Waals surface area contributed by atoms with Crippen LogP contribution in [0.3, 0.4) is 0 Å². The minimum Gasteiger partial charge on any atom is -0.454 e. The summed E-state index contributed by atoms with van der Waals surface area (Å²) in [6.07, 6.45) is 1.46. The zero-order valence-corrected chi connectivity index (χ0v) is 19.3. The van der Waals surface area contributed by atoms with Crippen molar-refractivity contribution < 1.29 is 14.4 Å². The number of ether oxygens (including phenoxy) is 2. The summed E-state index contributed by atoms with van der Waals surface area (Å²) in [5.74, 6) is 0.800. The van der Waals surface area contributed by atoms with Gasteiger partial charge in [0.1, 0.15) is 0 Å². The lowest BCUT2D eigenvalue weighted by atomic mass is 10.1. The third kappa shape index (κ3) is 4.20. The highest BCUT2D eigenvalue weighted by atomic mass is 32.1. The summed E-state index contributed by atoms with van der Waals surface area (Å²) in [6.45, 7) is 4.06. The number of hydrogen-bond donors (Lipinski definition) is 0. The summed E-state index contributed by atoms with van der Waals surface area (Å²) in [6, 6.07) is 18.8. The number of fused-ring (bicyclic) bond motifs is 1. The normalized spacial score (nSPS) is 13.1. The molecule has 5 rings (SSSR count). The first-order valence-electron chi connectivity index (χ1n) is 10.5. The van der Waals surface area contributed by atoms with Gasteiger partial charge in [-0.1, -0.05) is 42.5 Å². The van der Waals surface area contributed by atoms with Crippen LogP contribution in [0, 0.1) is 24.0 Å². The number of thiazole rings is 1.